The molecular formula is C12H18O3. The minimum Gasteiger partial charge on any atom is -0.493 e. The summed E-state index contributed by atoms with van der Waals surface area (Å²) in [6.45, 7) is 3.08. The Morgan fingerprint density at radius 1 is 1.33 bits per heavy atom. The summed E-state index contributed by atoms with van der Waals surface area (Å²) >= 11 is 0. The fourth-order valence-corrected chi connectivity index (χ4v) is 1.26. The van der Waals surface area contributed by atoms with Crippen LogP contribution in [0, 0.1) is 0 Å². The molecule has 0 aliphatic rings. The van der Waals surface area contributed by atoms with Gasteiger partial charge in [0.25, 0.3) is 0 Å². The van der Waals surface area contributed by atoms with Crippen LogP contribution >= 0.6 is 0 Å². The zero-order valence-electron chi connectivity index (χ0n) is 9.27. The first kappa shape index (κ1) is 12.0. The summed E-state index contributed by atoms with van der Waals surface area (Å²) < 4.78 is 10.4. The Hall–Kier alpha value is -1.06. The Balaban J connectivity index is 2.43. The average Bonchev–Trinajstić information content (AvgIpc) is 2.25. The summed E-state index contributed by atoms with van der Waals surface area (Å²) in [6.07, 6.45) is 0.419. The maximum atomic E-state index is 9.38. The number of methoxy groups -OCH3 is 1. The maximum absolute atomic E-state index is 9.38. The van der Waals surface area contributed by atoms with Gasteiger partial charge in [0.1, 0.15) is 5.75 Å². The molecule has 0 amide bonds. The Labute approximate surface area is 90.6 Å². The topological polar surface area (TPSA) is 38.7 Å². The highest BCUT2D eigenvalue weighted by Crippen LogP contribution is 2.18. The number of ether oxygens (including phenoxy) is 2. The Morgan fingerprint density at radius 3 is 2.80 bits per heavy atom. The fraction of sp³-hybridized carbons (Fsp3) is 0.500. The molecular weight excluding hydrogens is 192 g/mol. The predicted octanol–water partition coefficient (Wildman–Crippen LogP) is 2.16. The zero-order valence-corrected chi connectivity index (χ0v) is 9.27. The average molecular weight is 210 g/mol. The number of rotatable bonds is 6. The molecule has 1 rings (SSSR count). The second-order valence-corrected chi connectivity index (χ2v) is 3.44. The normalized spacial score (nSPS) is 12.5. The van der Waals surface area contributed by atoms with E-state index in [1.807, 2.05) is 24.3 Å². The third-order valence-corrected chi connectivity index (χ3v) is 2.10. The highest BCUT2D eigenvalue weighted by Gasteiger charge is 2.01. The molecule has 84 valence electrons. The first-order valence-electron chi connectivity index (χ1n) is 5.14. The van der Waals surface area contributed by atoms with E-state index < -0.39 is 6.10 Å². The van der Waals surface area contributed by atoms with Gasteiger partial charge in [-0.3, -0.25) is 0 Å². The molecule has 1 aromatic carbocycles. The lowest BCUT2D eigenvalue weighted by Gasteiger charge is -2.09. The van der Waals surface area contributed by atoms with Crippen molar-refractivity contribution in [1.29, 1.82) is 0 Å². The van der Waals surface area contributed by atoms with Gasteiger partial charge in [0.05, 0.1) is 12.7 Å². The van der Waals surface area contributed by atoms with Gasteiger partial charge < -0.3 is 14.6 Å². The van der Waals surface area contributed by atoms with Crippen molar-refractivity contribution < 1.29 is 14.6 Å². The maximum Gasteiger partial charge on any atom is 0.119 e. The summed E-state index contributed by atoms with van der Waals surface area (Å²) in [4.78, 5) is 0. The van der Waals surface area contributed by atoms with Crippen LogP contribution in [0.15, 0.2) is 24.3 Å². The summed E-state index contributed by atoms with van der Waals surface area (Å²) in [5.74, 6) is 0.796. The molecule has 0 saturated heterocycles. The van der Waals surface area contributed by atoms with Gasteiger partial charge in [-0.1, -0.05) is 12.1 Å². The summed E-state index contributed by atoms with van der Waals surface area (Å²) in [6, 6.07) is 7.51. The molecule has 0 bridgehead atoms. The predicted molar refractivity (Wildman–Crippen MR) is 59.1 cm³/mol. The first-order chi connectivity index (χ1) is 7.24. The lowest BCUT2D eigenvalue weighted by Crippen LogP contribution is -2.01. The molecule has 3 heteroatoms. The van der Waals surface area contributed by atoms with Gasteiger partial charge >= 0.3 is 0 Å². The molecule has 0 aliphatic heterocycles. The summed E-state index contributed by atoms with van der Waals surface area (Å²) in [7, 11) is 1.67. The number of aliphatic hydroxyl groups is 1. The van der Waals surface area contributed by atoms with E-state index in [9.17, 15) is 5.11 Å². The summed E-state index contributed by atoms with van der Waals surface area (Å²) in [5, 5.41) is 9.38. The van der Waals surface area contributed by atoms with E-state index in [0.717, 1.165) is 17.7 Å². The van der Waals surface area contributed by atoms with Crippen molar-refractivity contribution in [2.75, 3.05) is 20.3 Å². The van der Waals surface area contributed by atoms with Gasteiger partial charge in [-0.05, 0) is 24.6 Å². The number of benzene rings is 1. The van der Waals surface area contributed by atoms with Gasteiger partial charge in [-0.2, -0.15) is 0 Å². The van der Waals surface area contributed by atoms with Gasteiger partial charge in [0.2, 0.25) is 0 Å². The van der Waals surface area contributed by atoms with E-state index in [1.54, 1.807) is 14.0 Å². The van der Waals surface area contributed by atoms with Gasteiger partial charge in [0.15, 0.2) is 0 Å². The quantitative estimate of drug-likeness (QED) is 0.731. The molecule has 1 aromatic rings. The van der Waals surface area contributed by atoms with Gasteiger partial charge in [-0.25, -0.2) is 0 Å². The van der Waals surface area contributed by atoms with Gasteiger partial charge in [-0.15, -0.1) is 0 Å². The highest BCUT2D eigenvalue weighted by atomic mass is 16.5. The van der Waals surface area contributed by atoms with E-state index in [2.05, 4.69) is 0 Å². The van der Waals surface area contributed by atoms with Crippen molar-refractivity contribution in [1.82, 2.24) is 0 Å². The van der Waals surface area contributed by atoms with Crippen molar-refractivity contribution in [3.05, 3.63) is 29.8 Å². The van der Waals surface area contributed by atoms with E-state index in [-0.39, 0.29) is 0 Å². The molecule has 15 heavy (non-hydrogen) atoms. The second-order valence-electron chi connectivity index (χ2n) is 3.44. The largest absolute Gasteiger partial charge is 0.493 e. The van der Waals surface area contributed by atoms with Crippen molar-refractivity contribution in [3.8, 4) is 5.75 Å². The molecule has 0 fully saturated rings. The molecule has 0 aromatic heterocycles. The smallest absolute Gasteiger partial charge is 0.119 e. The molecule has 0 radical (unpaired) electrons. The van der Waals surface area contributed by atoms with Gasteiger partial charge in [0, 0.05) is 20.1 Å². The van der Waals surface area contributed by atoms with Crippen LogP contribution in [0.25, 0.3) is 0 Å². The monoisotopic (exact) mass is 210 g/mol. The SMILES string of the molecule is COCCCOc1cccc(C(C)O)c1. The Bertz CT molecular complexity index is 284. The third kappa shape index (κ3) is 4.32. The van der Waals surface area contributed by atoms with E-state index in [0.29, 0.717) is 13.2 Å². The van der Waals surface area contributed by atoms with Crippen molar-refractivity contribution in [2.24, 2.45) is 0 Å². The van der Waals surface area contributed by atoms with E-state index in [4.69, 9.17) is 9.47 Å². The summed E-state index contributed by atoms with van der Waals surface area (Å²) in [5.41, 5.74) is 0.874. The highest BCUT2D eigenvalue weighted by molar-refractivity contribution is 5.29. The zero-order chi connectivity index (χ0) is 11.1. The molecule has 0 spiro atoms. The third-order valence-electron chi connectivity index (χ3n) is 2.10. The molecule has 0 saturated carbocycles. The van der Waals surface area contributed by atoms with E-state index in [1.165, 1.54) is 0 Å². The number of hydrogen-bond acceptors (Lipinski definition) is 3. The van der Waals surface area contributed by atoms with Crippen molar-refractivity contribution in [2.45, 2.75) is 19.4 Å². The van der Waals surface area contributed by atoms with Crippen LogP contribution in [0.2, 0.25) is 0 Å². The molecule has 1 N–H and O–H groups in total. The molecule has 0 aliphatic carbocycles. The van der Waals surface area contributed by atoms with Crippen LogP contribution in [0.3, 0.4) is 0 Å². The van der Waals surface area contributed by atoms with Crippen LogP contribution < -0.4 is 4.74 Å². The molecule has 3 nitrogen and oxygen atoms in total. The van der Waals surface area contributed by atoms with Crippen LogP contribution in [0.4, 0.5) is 0 Å². The molecule has 0 heterocycles. The number of aliphatic hydroxyl groups excluding tert-OH is 1. The lowest BCUT2D eigenvalue weighted by molar-refractivity contribution is 0.171. The van der Waals surface area contributed by atoms with Crippen LogP contribution in [0.5, 0.6) is 5.75 Å². The van der Waals surface area contributed by atoms with Crippen molar-refractivity contribution in [3.63, 3.8) is 0 Å². The standard InChI is InChI=1S/C12H18O3/c1-10(13)11-5-3-6-12(9-11)15-8-4-7-14-2/h3,5-6,9-10,13H,4,7-8H2,1-2H3. The van der Waals surface area contributed by atoms with Crippen LogP contribution in [0.1, 0.15) is 25.0 Å². The first-order valence-corrected chi connectivity index (χ1v) is 5.14. The Kier molecular flexibility index (Phi) is 5.15. The van der Waals surface area contributed by atoms with Crippen LogP contribution in [-0.2, 0) is 4.74 Å². The second kappa shape index (κ2) is 6.43. The fourth-order valence-electron chi connectivity index (χ4n) is 1.26. The minimum absolute atomic E-state index is 0.451. The molecule has 1 unspecified atom stereocenters. The lowest BCUT2D eigenvalue weighted by atomic mass is 10.1. The Morgan fingerprint density at radius 2 is 2.13 bits per heavy atom. The van der Waals surface area contributed by atoms with E-state index >= 15 is 0 Å². The van der Waals surface area contributed by atoms with Crippen molar-refractivity contribution >= 4 is 0 Å². The minimum atomic E-state index is -0.451. The number of hydrogen-bond donors (Lipinski definition) is 1. The molecule has 1 atom stereocenters. The van der Waals surface area contributed by atoms with Crippen LogP contribution in [-0.4, -0.2) is 25.4 Å².